The van der Waals surface area contributed by atoms with Crippen molar-refractivity contribution in [2.24, 2.45) is 0 Å². The summed E-state index contributed by atoms with van der Waals surface area (Å²) in [6, 6.07) is 0. The Morgan fingerprint density at radius 1 is 1.00 bits per heavy atom. The zero-order valence-corrected chi connectivity index (χ0v) is 6.07. The van der Waals surface area contributed by atoms with Crippen LogP contribution in [0.2, 0.25) is 0 Å². The van der Waals surface area contributed by atoms with Crippen molar-refractivity contribution >= 4 is 37.2 Å². The van der Waals surface area contributed by atoms with Crippen molar-refractivity contribution in [1.29, 1.82) is 0 Å². The van der Waals surface area contributed by atoms with E-state index in [-0.39, 0.29) is 37.2 Å². The van der Waals surface area contributed by atoms with Crippen molar-refractivity contribution < 1.29 is 24.8 Å². The maximum absolute atomic E-state index is 8.52. The van der Waals surface area contributed by atoms with Crippen molar-refractivity contribution in [3.8, 4) is 0 Å². The summed E-state index contributed by atoms with van der Waals surface area (Å²) in [7, 11) is -2.60. The van der Waals surface area contributed by atoms with Crippen LogP contribution in [0.1, 0.15) is 0 Å². The lowest BCUT2D eigenvalue weighted by atomic mass is 15.8. The lowest BCUT2D eigenvalue weighted by Crippen LogP contribution is -2.30. The molecule has 0 aliphatic carbocycles. The van der Waals surface area contributed by atoms with Gasteiger partial charge in [0.1, 0.15) is 0 Å². The van der Waals surface area contributed by atoms with Gasteiger partial charge in [0.25, 0.3) is 10.8 Å². The molecule has 0 aromatic rings. The second kappa shape index (κ2) is 15.7. The Kier molecular flexibility index (Phi) is 54.9. The van der Waals surface area contributed by atoms with Crippen LogP contribution in [-0.4, -0.2) is 4.66 Å². The molecular formula is H4Cl4O3. The van der Waals surface area contributed by atoms with E-state index in [1.807, 2.05) is 0 Å². The summed E-state index contributed by atoms with van der Waals surface area (Å²) >= 11 is 0. The largest absolute Gasteiger partial charge is 0.321 e. The van der Waals surface area contributed by atoms with Crippen LogP contribution < -0.4 is 9.32 Å². The topological polar surface area (TPSA) is 66.3 Å². The van der Waals surface area contributed by atoms with Crippen molar-refractivity contribution in [3.63, 3.8) is 0 Å². The first-order valence-corrected chi connectivity index (χ1v) is 1.43. The molecule has 0 aliphatic heterocycles. The van der Waals surface area contributed by atoms with Crippen LogP contribution in [0.25, 0.3) is 0 Å². The van der Waals surface area contributed by atoms with Crippen LogP contribution in [-0.2, 0) is 0 Å². The van der Waals surface area contributed by atoms with Crippen molar-refractivity contribution in [1.82, 2.24) is 0 Å². The van der Waals surface area contributed by atoms with Crippen LogP contribution in [0.15, 0.2) is 0 Å². The van der Waals surface area contributed by atoms with Gasteiger partial charge in [-0.05, 0) is 0 Å². The predicted molar refractivity (Wildman–Crippen MR) is 24.0 cm³/mol. The molecule has 0 unspecified atom stereocenters. The Morgan fingerprint density at radius 3 is 1.00 bits per heavy atom. The average molecular weight is 194 g/mol. The minimum Gasteiger partial charge on any atom is -0.321 e. The van der Waals surface area contributed by atoms with E-state index >= 15 is 0 Å². The van der Waals surface area contributed by atoms with Crippen LogP contribution in [0.3, 0.4) is 0 Å². The second-order valence-corrected chi connectivity index (χ2v) is 0.603. The monoisotopic (exact) mass is 192 g/mol. The molecule has 0 spiro atoms. The fraction of sp³-hybridized carbons (Fsp3) is 0. The van der Waals surface area contributed by atoms with Crippen LogP contribution >= 0.6 is 37.2 Å². The molecule has 1 N–H and O–H groups in total. The van der Waals surface area contributed by atoms with Crippen LogP contribution in [0, 0.1) is 10.8 Å². The molecule has 7 heteroatoms. The summed E-state index contributed by atoms with van der Waals surface area (Å²) in [5.41, 5.74) is 0. The second-order valence-electron chi connectivity index (χ2n) is 0.201. The van der Waals surface area contributed by atoms with Gasteiger partial charge in [0.2, 0.25) is 0 Å². The average Bonchev–Trinajstić information content (AvgIpc) is 0.811. The van der Waals surface area contributed by atoms with Gasteiger partial charge < -0.3 is 9.32 Å². The third-order valence-electron chi connectivity index (χ3n) is 0. The molecular weight excluding hydrogens is 190 g/mol. The van der Waals surface area contributed by atoms with Gasteiger partial charge in [-0.25, -0.2) is 0 Å². The summed E-state index contributed by atoms with van der Waals surface area (Å²) in [6.45, 7) is 0. The summed E-state index contributed by atoms with van der Waals surface area (Å²) in [6.07, 6.45) is 0. The highest BCUT2D eigenvalue weighted by atomic mass is 35.6. The summed E-state index contributed by atoms with van der Waals surface area (Å²) in [4.78, 5) is 0. The Hall–Kier alpha value is 1.04. The van der Waals surface area contributed by atoms with Crippen molar-refractivity contribution in [2.75, 3.05) is 0 Å². The molecule has 0 atom stereocenters. The van der Waals surface area contributed by atoms with Gasteiger partial charge in [-0.3, -0.25) is 0 Å². The summed E-state index contributed by atoms with van der Waals surface area (Å²) < 4.78 is 24.0. The highest BCUT2D eigenvalue weighted by Crippen LogP contribution is 1.38. The molecule has 50 valence electrons. The first kappa shape index (κ1) is 24.4. The van der Waals surface area contributed by atoms with E-state index in [1.54, 1.807) is 0 Å². The third-order valence-corrected chi connectivity index (χ3v) is 0. The molecule has 7 heavy (non-hydrogen) atoms. The molecule has 0 rings (SSSR count). The minimum atomic E-state index is -2.60. The molecule has 0 saturated carbocycles. The fourth-order valence-corrected chi connectivity index (χ4v) is 0. The molecule has 3 nitrogen and oxygen atoms in total. The Balaban J connectivity index is -0.0000000150. The quantitative estimate of drug-likeness (QED) is 0.501. The Bertz CT molecular complexity index is 11.7. The van der Waals surface area contributed by atoms with Gasteiger partial charge in [0.15, 0.2) is 0 Å². The number of hydrogen-bond acceptors (Lipinski definition) is 3. The van der Waals surface area contributed by atoms with E-state index in [9.17, 15) is 0 Å². The SMILES string of the molecule is Cl.Cl.Cl.[O-][Cl+2]([O-])O. The zero-order chi connectivity index (χ0) is 3.58. The smallest absolute Gasteiger partial charge is 0.282 e. The van der Waals surface area contributed by atoms with Gasteiger partial charge in [0.05, 0.1) is 0 Å². The van der Waals surface area contributed by atoms with Crippen LogP contribution in [0.4, 0.5) is 0 Å². The van der Waals surface area contributed by atoms with Gasteiger partial charge in [-0.15, -0.1) is 37.2 Å². The molecule has 0 saturated heterocycles. The standard InChI is InChI=1S/ClHO3.3ClH/c2-1(3)4;;;/h2H;3*1H. The molecule has 0 radical (unpaired) electrons. The molecule has 0 fully saturated rings. The van der Waals surface area contributed by atoms with E-state index in [0.717, 1.165) is 0 Å². The zero-order valence-electron chi connectivity index (χ0n) is 2.87. The Labute approximate surface area is 62.3 Å². The van der Waals surface area contributed by atoms with E-state index < -0.39 is 10.8 Å². The number of halogens is 4. The van der Waals surface area contributed by atoms with Crippen molar-refractivity contribution in [3.05, 3.63) is 0 Å². The summed E-state index contributed by atoms with van der Waals surface area (Å²) in [5.74, 6) is 0. The third kappa shape index (κ3) is 165. The van der Waals surface area contributed by atoms with E-state index in [2.05, 4.69) is 0 Å². The highest BCUT2D eigenvalue weighted by Gasteiger charge is 1.79. The number of hydrogen-bond donors (Lipinski definition) is 1. The molecule has 0 amide bonds. The summed E-state index contributed by atoms with van der Waals surface area (Å²) in [5, 5.41) is 0. The molecule has 0 aromatic carbocycles. The lowest BCUT2D eigenvalue weighted by Gasteiger charge is -1.72. The predicted octanol–water partition coefficient (Wildman–Crippen LogP) is -1.67. The van der Waals surface area contributed by atoms with E-state index in [0.29, 0.717) is 0 Å². The van der Waals surface area contributed by atoms with Crippen LogP contribution in [0.5, 0.6) is 0 Å². The van der Waals surface area contributed by atoms with Gasteiger partial charge in [-0.1, -0.05) is 0 Å². The fourth-order valence-electron chi connectivity index (χ4n) is 0. The van der Waals surface area contributed by atoms with Crippen molar-refractivity contribution in [2.45, 2.75) is 0 Å². The first-order chi connectivity index (χ1) is 1.73. The van der Waals surface area contributed by atoms with Gasteiger partial charge >= 0.3 is 0 Å². The molecule has 0 aromatic heterocycles. The normalized spacial score (nSPS) is 5.14. The molecule has 0 bridgehead atoms. The lowest BCUT2D eigenvalue weighted by molar-refractivity contribution is -1.63. The highest BCUT2D eigenvalue weighted by molar-refractivity contribution is 5.86. The van der Waals surface area contributed by atoms with Gasteiger partial charge in [-0.2, -0.15) is 0 Å². The minimum absolute atomic E-state index is 0. The molecule has 0 aliphatic rings. The first-order valence-electron chi connectivity index (χ1n) is 0.478. The van der Waals surface area contributed by atoms with E-state index in [1.165, 1.54) is 0 Å². The van der Waals surface area contributed by atoms with E-state index in [4.69, 9.17) is 14.0 Å². The maximum atomic E-state index is 8.52. The maximum Gasteiger partial charge on any atom is 0.282 e. The molecule has 0 heterocycles. The van der Waals surface area contributed by atoms with Gasteiger partial charge in [0, 0.05) is 4.66 Å². The number of rotatable bonds is 0. The Morgan fingerprint density at radius 2 is 1.00 bits per heavy atom.